The van der Waals surface area contributed by atoms with Crippen LogP contribution in [0.15, 0.2) is 63.6 Å². The number of amides is 1. The third kappa shape index (κ3) is 4.06. The fourth-order valence-electron chi connectivity index (χ4n) is 1.93. The number of nitrogens with zero attached hydrogens (tertiary/aromatic N) is 2. The number of thioether (sulfide) groups is 1. The molecule has 0 radical (unpaired) electrons. The molecule has 1 fully saturated rings. The van der Waals surface area contributed by atoms with Gasteiger partial charge in [-0.15, -0.1) is 5.10 Å². The molecule has 0 atom stereocenters. The number of amidine groups is 1. The zero-order valence-electron chi connectivity index (χ0n) is 12.2. The van der Waals surface area contributed by atoms with Crippen molar-refractivity contribution in [1.82, 2.24) is 5.32 Å². The molecule has 0 saturated carbocycles. The molecule has 0 unspecified atom stereocenters. The Hall–Kier alpha value is -2.08. The van der Waals surface area contributed by atoms with Crippen LogP contribution in [-0.4, -0.2) is 17.3 Å². The van der Waals surface area contributed by atoms with Crippen LogP contribution < -0.4 is 5.32 Å². The number of carbonyl (C=O) groups is 1. The summed E-state index contributed by atoms with van der Waals surface area (Å²) in [6.07, 6.45) is 3.26. The Morgan fingerprint density at radius 3 is 2.25 bits per heavy atom. The molecule has 0 bridgehead atoms. The van der Waals surface area contributed by atoms with Crippen LogP contribution in [0.5, 0.6) is 0 Å². The minimum absolute atomic E-state index is 0.230. The van der Waals surface area contributed by atoms with E-state index in [1.807, 2.05) is 36.4 Å². The van der Waals surface area contributed by atoms with E-state index >= 15 is 0 Å². The first-order chi connectivity index (χ1) is 11.6. The molecule has 1 N–H and O–H groups in total. The van der Waals surface area contributed by atoms with E-state index < -0.39 is 0 Å². The van der Waals surface area contributed by atoms with E-state index in [4.69, 9.17) is 23.2 Å². The van der Waals surface area contributed by atoms with E-state index in [9.17, 15) is 4.79 Å². The third-order valence-corrected chi connectivity index (χ3v) is 4.68. The molecule has 1 aliphatic heterocycles. The monoisotopic (exact) mass is 375 g/mol. The topological polar surface area (TPSA) is 53.8 Å². The van der Waals surface area contributed by atoms with Gasteiger partial charge in [-0.3, -0.25) is 10.1 Å². The molecular weight excluding hydrogens is 365 g/mol. The zero-order valence-corrected chi connectivity index (χ0v) is 14.6. The maximum Gasteiger partial charge on any atom is 0.264 e. The van der Waals surface area contributed by atoms with Crippen LogP contribution in [0.1, 0.15) is 11.1 Å². The van der Waals surface area contributed by atoms with Gasteiger partial charge in [-0.2, -0.15) is 5.10 Å². The highest BCUT2D eigenvalue weighted by molar-refractivity contribution is 8.18. The first-order valence-electron chi connectivity index (χ1n) is 6.94. The Kier molecular flexibility index (Phi) is 5.35. The normalized spacial score (nSPS) is 17.8. The van der Waals surface area contributed by atoms with Crippen LogP contribution in [0, 0.1) is 0 Å². The van der Waals surface area contributed by atoms with Crippen LogP contribution in [-0.2, 0) is 4.79 Å². The van der Waals surface area contributed by atoms with Crippen molar-refractivity contribution in [3.8, 4) is 0 Å². The molecular formula is C17H11Cl2N3OS. The van der Waals surface area contributed by atoms with Crippen molar-refractivity contribution >= 4 is 58.3 Å². The predicted molar refractivity (Wildman–Crippen MR) is 102 cm³/mol. The number of hydrogen-bond donors (Lipinski definition) is 1. The molecule has 120 valence electrons. The lowest BCUT2D eigenvalue weighted by atomic mass is 10.2. The van der Waals surface area contributed by atoms with Gasteiger partial charge in [0.1, 0.15) is 0 Å². The predicted octanol–water partition coefficient (Wildman–Crippen LogP) is 4.59. The lowest BCUT2D eigenvalue weighted by Gasteiger charge is -1.97. The molecule has 1 saturated heterocycles. The van der Waals surface area contributed by atoms with Crippen molar-refractivity contribution < 1.29 is 4.79 Å². The maximum absolute atomic E-state index is 12.0. The molecule has 3 rings (SSSR count). The molecule has 2 aromatic rings. The summed E-state index contributed by atoms with van der Waals surface area (Å²) in [5.41, 5.74) is 1.53. The summed E-state index contributed by atoms with van der Waals surface area (Å²) < 4.78 is 0. The van der Waals surface area contributed by atoms with Gasteiger partial charge in [0.15, 0.2) is 5.17 Å². The summed E-state index contributed by atoms with van der Waals surface area (Å²) in [6, 6.07) is 14.6. The third-order valence-electron chi connectivity index (χ3n) is 3.09. The minimum atomic E-state index is -0.230. The molecule has 4 nitrogen and oxygen atoms in total. The molecule has 0 spiro atoms. The van der Waals surface area contributed by atoms with Crippen LogP contribution >= 0.6 is 35.0 Å². The highest BCUT2D eigenvalue weighted by Crippen LogP contribution is 2.28. The molecule has 1 aliphatic rings. The van der Waals surface area contributed by atoms with Crippen molar-refractivity contribution in [3.63, 3.8) is 0 Å². The van der Waals surface area contributed by atoms with Crippen molar-refractivity contribution in [2.45, 2.75) is 0 Å². The van der Waals surface area contributed by atoms with Crippen molar-refractivity contribution in [2.75, 3.05) is 0 Å². The molecule has 1 heterocycles. The molecule has 0 aliphatic carbocycles. The van der Waals surface area contributed by atoms with Crippen LogP contribution in [0.3, 0.4) is 0 Å². The van der Waals surface area contributed by atoms with Gasteiger partial charge in [0.05, 0.1) is 11.1 Å². The number of hydrogen-bond acceptors (Lipinski definition) is 4. The van der Waals surface area contributed by atoms with Gasteiger partial charge in [-0.05, 0) is 35.5 Å². The average Bonchev–Trinajstić information content (AvgIpc) is 2.91. The quantitative estimate of drug-likeness (QED) is 0.484. The van der Waals surface area contributed by atoms with Gasteiger partial charge in [-0.1, -0.05) is 59.6 Å². The SMILES string of the molecule is O=C1NC(=NN=Cc2ccccc2Cl)SC1=Cc1ccccc1Cl. The van der Waals surface area contributed by atoms with Crippen molar-refractivity contribution in [1.29, 1.82) is 0 Å². The summed E-state index contributed by atoms with van der Waals surface area (Å²) in [5.74, 6) is -0.230. The number of carbonyl (C=O) groups excluding carboxylic acids is 1. The van der Waals surface area contributed by atoms with Gasteiger partial charge in [0.25, 0.3) is 5.91 Å². The number of nitrogens with one attached hydrogen (secondary N) is 1. The van der Waals surface area contributed by atoms with E-state index in [1.54, 1.807) is 18.2 Å². The van der Waals surface area contributed by atoms with Crippen molar-refractivity contribution in [2.24, 2.45) is 10.2 Å². The number of halogens is 2. The van der Waals surface area contributed by atoms with Gasteiger partial charge in [0, 0.05) is 15.6 Å². The average molecular weight is 376 g/mol. The van der Waals surface area contributed by atoms with E-state index in [-0.39, 0.29) is 5.91 Å². The Morgan fingerprint density at radius 1 is 0.958 bits per heavy atom. The van der Waals surface area contributed by atoms with Gasteiger partial charge < -0.3 is 0 Å². The van der Waals surface area contributed by atoms with E-state index in [0.29, 0.717) is 20.1 Å². The molecule has 24 heavy (non-hydrogen) atoms. The zero-order chi connectivity index (χ0) is 16.9. The second kappa shape index (κ2) is 7.66. The molecule has 1 amide bonds. The highest BCUT2D eigenvalue weighted by atomic mass is 35.5. The lowest BCUT2D eigenvalue weighted by Crippen LogP contribution is -2.19. The fraction of sp³-hybridized carbons (Fsp3) is 0. The molecule has 0 aromatic heterocycles. The molecule has 7 heteroatoms. The highest BCUT2D eigenvalue weighted by Gasteiger charge is 2.24. The minimum Gasteiger partial charge on any atom is -0.299 e. The fourth-order valence-corrected chi connectivity index (χ4v) is 3.08. The van der Waals surface area contributed by atoms with Crippen LogP contribution in [0.25, 0.3) is 6.08 Å². The first kappa shape index (κ1) is 16.8. The molecule has 2 aromatic carbocycles. The van der Waals surface area contributed by atoms with Gasteiger partial charge >= 0.3 is 0 Å². The van der Waals surface area contributed by atoms with E-state index in [0.717, 1.165) is 11.1 Å². The summed E-state index contributed by atoms with van der Waals surface area (Å²) in [4.78, 5) is 12.5. The van der Waals surface area contributed by atoms with E-state index in [1.165, 1.54) is 18.0 Å². The Bertz CT molecular complexity index is 878. The largest absolute Gasteiger partial charge is 0.299 e. The maximum atomic E-state index is 12.0. The summed E-state index contributed by atoms with van der Waals surface area (Å²) >= 11 is 13.3. The number of rotatable bonds is 3. The summed E-state index contributed by atoms with van der Waals surface area (Å²) in [6.45, 7) is 0. The Labute approximate surface area is 153 Å². The van der Waals surface area contributed by atoms with Gasteiger partial charge in [-0.25, -0.2) is 0 Å². The van der Waals surface area contributed by atoms with Crippen molar-refractivity contribution in [3.05, 3.63) is 74.6 Å². The lowest BCUT2D eigenvalue weighted by molar-refractivity contribution is -0.115. The summed E-state index contributed by atoms with van der Waals surface area (Å²) in [5, 5.41) is 12.2. The standard InChI is InChI=1S/C17H11Cl2N3OS/c18-13-7-3-1-5-11(13)9-15-16(23)21-17(24-15)22-20-10-12-6-2-4-8-14(12)19/h1-10H,(H,21,22,23). The van der Waals surface area contributed by atoms with Crippen LogP contribution in [0.2, 0.25) is 10.0 Å². The second-order valence-electron chi connectivity index (χ2n) is 4.76. The van der Waals surface area contributed by atoms with Gasteiger partial charge in [0.2, 0.25) is 0 Å². The number of benzene rings is 2. The smallest absolute Gasteiger partial charge is 0.264 e. The van der Waals surface area contributed by atoms with Crippen LogP contribution in [0.4, 0.5) is 0 Å². The first-order valence-corrected chi connectivity index (χ1v) is 8.52. The second-order valence-corrected chi connectivity index (χ2v) is 6.60. The Balaban J connectivity index is 1.75. The van der Waals surface area contributed by atoms with E-state index in [2.05, 4.69) is 15.5 Å². The summed E-state index contributed by atoms with van der Waals surface area (Å²) in [7, 11) is 0. The Morgan fingerprint density at radius 2 is 1.58 bits per heavy atom.